The molecular weight excluding hydrogens is 244 g/mol. The SMILES string of the molecule is CC1CCCC(CN)(N(C)C2CCC(C)(C)CC2)CC1. The maximum Gasteiger partial charge on any atom is 0.0331 e. The Kier molecular flexibility index (Phi) is 5.18. The van der Waals surface area contributed by atoms with Gasteiger partial charge in [-0.15, -0.1) is 0 Å². The third-order valence-corrected chi connectivity index (χ3v) is 6.43. The summed E-state index contributed by atoms with van der Waals surface area (Å²) in [5.41, 5.74) is 7.12. The van der Waals surface area contributed by atoms with Gasteiger partial charge < -0.3 is 5.73 Å². The minimum atomic E-state index is 0.289. The molecule has 0 heterocycles. The van der Waals surface area contributed by atoms with E-state index in [1.165, 1.54) is 57.8 Å². The second-order valence-electron chi connectivity index (χ2n) is 8.47. The van der Waals surface area contributed by atoms with Crippen LogP contribution in [0, 0.1) is 11.3 Å². The summed E-state index contributed by atoms with van der Waals surface area (Å²) in [6.45, 7) is 8.11. The van der Waals surface area contributed by atoms with Crippen molar-refractivity contribution in [3.05, 3.63) is 0 Å². The number of likely N-dealkylation sites (N-methyl/N-ethyl adjacent to an activating group) is 1. The van der Waals surface area contributed by atoms with Crippen molar-refractivity contribution in [1.82, 2.24) is 4.90 Å². The van der Waals surface area contributed by atoms with Crippen LogP contribution in [0.25, 0.3) is 0 Å². The molecule has 0 amide bonds. The second-order valence-corrected chi connectivity index (χ2v) is 8.47. The molecule has 2 rings (SSSR count). The molecule has 0 aromatic carbocycles. The molecule has 0 radical (unpaired) electrons. The van der Waals surface area contributed by atoms with Gasteiger partial charge in [0.25, 0.3) is 0 Å². The first-order valence-corrected chi connectivity index (χ1v) is 8.82. The van der Waals surface area contributed by atoms with Crippen LogP contribution >= 0.6 is 0 Å². The highest BCUT2D eigenvalue weighted by Gasteiger charge is 2.40. The lowest BCUT2D eigenvalue weighted by atomic mass is 9.74. The van der Waals surface area contributed by atoms with Crippen molar-refractivity contribution in [2.24, 2.45) is 17.1 Å². The first kappa shape index (κ1) is 16.3. The first-order valence-electron chi connectivity index (χ1n) is 8.82. The Hall–Kier alpha value is -0.0800. The van der Waals surface area contributed by atoms with Crippen LogP contribution < -0.4 is 5.73 Å². The van der Waals surface area contributed by atoms with E-state index in [1.807, 2.05) is 0 Å². The summed E-state index contributed by atoms with van der Waals surface area (Å²) >= 11 is 0. The summed E-state index contributed by atoms with van der Waals surface area (Å²) in [6.07, 6.45) is 12.2. The van der Waals surface area contributed by atoms with Crippen molar-refractivity contribution < 1.29 is 0 Å². The molecule has 2 nitrogen and oxygen atoms in total. The van der Waals surface area contributed by atoms with Gasteiger partial charge in [-0.05, 0) is 63.3 Å². The quantitative estimate of drug-likeness (QED) is 0.786. The van der Waals surface area contributed by atoms with E-state index in [4.69, 9.17) is 5.73 Å². The fourth-order valence-electron chi connectivity index (χ4n) is 4.42. The predicted molar refractivity (Wildman–Crippen MR) is 87.8 cm³/mol. The third-order valence-electron chi connectivity index (χ3n) is 6.43. The van der Waals surface area contributed by atoms with Crippen LogP contribution in [0.15, 0.2) is 0 Å². The standard InChI is InChI=1S/C18H36N2/c1-15-6-5-10-18(14-19,13-7-15)20(4)16-8-11-17(2,3)12-9-16/h15-16H,5-14,19H2,1-4H3. The van der Waals surface area contributed by atoms with Gasteiger partial charge in [0, 0.05) is 18.1 Å². The molecule has 0 aliphatic heterocycles. The van der Waals surface area contributed by atoms with Crippen LogP contribution in [0.3, 0.4) is 0 Å². The second kappa shape index (κ2) is 6.36. The van der Waals surface area contributed by atoms with Crippen LogP contribution in [0.1, 0.15) is 78.6 Å². The monoisotopic (exact) mass is 280 g/mol. The fraction of sp³-hybridized carbons (Fsp3) is 1.00. The van der Waals surface area contributed by atoms with E-state index < -0.39 is 0 Å². The van der Waals surface area contributed by atoms with Crippen molar-refractivity contribution in [2.45, 2.75) is 90.1 Å². The van der Waals surface area contributed by atoms with Crippen molar-refractivity contribution in [3.8, 4) is 0 Å². The van der Waals surface area contributed by atoms with E-state index >= 15 is 0 Å². The predicted octanol–water partition coefficient (Wildman–Crippen LogP) is 4.18. The fourth-order valence-corrected chi connectivity index (χ4v) is 4.42. The molecule has 2 aliphatic carbocycles. The molecule has 0 aromatic heterocycles. The molecule has 0 saturated heterocycles. The lowest BCUT2D eigenvalue weighted by molar-refractivity contribution is 0.0259. The normalized spacial score (nSPS) is 36.0. The van der Waals surface area contributed by atoms with E-state index in [2.05, 4.69) is 32.7 Å². The van der Waals surface area contributed by atoms with Gasteiger partial charge >= 0.3 is 0 Å². The lowest BCUT2D eigenvalue weighted by Gasteiger charge is -2.48. The number of nitrogens with zero attached hydrogens (tertiary/aromatic N) is 1. The Bertz CT molecular complexity index is 303. The Balaban J connectivity index is 2.03. The van der Waals surface area contributed by atoms with Gasteiger partial charge in [-0.25, -0.2) is 0 Å². The summed E-state index contributed by atoms with van der Waals surface area (Å²) in [7, 11) is 2.37. The van der Waals surface area contributed by atoms with E-state index in [0.29, 0.717) is 5.41 Å². The largest absolute Gasteiger partial charge is 0.329 e. The van der Waals surface area contributed by atoms with Gasteiger partial charge in [0.15, 0.2) is 0 Å². The molecule has 2 N–H and O–H groups in total. The van der Waals surface area contributed by atoms with Crippen molar-refractivity contribution in [1.29, 1.82) is 0 Å². The molecule has 2 saturated carbocycles. The smallest absolute Gasteiger partial charge is 0.0331 e. The van der Waals surface area contributed by atoms with Gasteiger partial charge in [0.05, 0.1) is 0 Å². The summed E-state index contributed by atoms with van der Waals surface area (Å²) in [4.78, 5) is 2.71. The zero-order chi connectivity index (χ0) is 14.8. The highest BCUT2D eigenvalue weighted by molar-refractivity contribution is 4.97. The van der Waals surface area contributed by atoms with Crippen LogP contribution in [-0.4, -0.2) is 30.1 Å². The van der Waals surface area contributed by atoms with Crippen molar-refractivity contribution in [3.63, 3.8) is 0 Å². The summed E-state index contributed by atoms with van der Waals surface area (Å²) in [5, 5.41) is 0. The molecule has 2 unspecified atom stereocenters. The molecule has 118 valence electrons. The first-order chi connectivity index (χ1) is 9.38. The van der Waals surface area contributed by atoms with E-state index in [1.54, 1.807) is 0 Å². The molecule has 0 spiro atoms. The molecule has 2 heteroatoms. The van der Waals surface area contributed by atoms with Crippen molar-refractivity contribution in [2.75, 3.05) is 13.6 Å². The Morgan fingerprint density at radius 3 is 2.25 bits per heavy atom. The van der Waals surface area contributed by atoms with Crippen LogP contribution in [0.4, 0.5) is 0 Å². The molecule has 2 aliphatic rings. The zero-order valence-corrected chi connectivity index (χ0v) is 14.3. The molecule has 0 bridgehead atoms. The van der Waals surface area contributed by atoms with Crippen molar-refractivity contribution >= 4 is 0 Å². The molecule has 2 fully saturated rings. The minimum Gasteiger partial charge on any atom is -0.329 e. The minimum absolute atomic E-state index is 0.289. The molecule has 0 aromatic rings. The third kappa shape index (κ3) is 3.57. The van der Waals surface area contributed by atoms with Gasteiger partial charge in [0.2, 0.25) is 0 Å². The number of hydrogen-bond donors (Lipinski definition) is 1. The van der Waals surface area contributed by atoms with Gasteiger partial charge in [-0.2, -0.15) is 0 Å². The summed E-state index contributed by atoms with van der Waals surface area (Å²) < 4.78 is 0. The maximum atomic E-state index is 6.27. The lowest BCUT2D eigenvalue weighted by Crippen LogP contribution is -2.56. The number of nitrogens with two attached hydrogens (primary N) is 1. The average Bonchev–Trinajstić information content (AvgIpc) is 2.61. The van der Waals surface area contributed by atoms with E-state index in [-0.39, 0.29) is 5.54 Å². The van der Waals surface area contributed by atoms with Crippen LogP contribution in [0.2, 0.25) is 0 Å². The highest BCUT2D eigenvalue weighted by atomic mass is 15.2. The van der Waals surface area contributed by atoms with E-state index in [9.17, 15) is 0 Å². The Labute approximate surface area is 126 Å². The van der Waals surface area contributed by atoms with Crippen LogP contribution in [0.5, 0.6) is 0 Å². The molecule has 2 atom stereocenters. The number of rotatable bonds is 3. The van der Waals surface area contributed by atoms with Gasteiger partial charge in [-0.1, -0.05) is 33.6 Å². The maximum absolute atomic E-state index is 6.27. The molecular formula is C18H36N2. The molecule has 20 heavy (non-hydrogen) atoms. The Morgan fingerprint density at radius 2 is 1.65 bits per heavy atom. The topological polar surface area (TPSA) is 29.3 Å². The van der Waals surface area contributed by atoms with Gasteiger partial charge in [-0.3, -0.25) is 4.90 Å². The Morgan fingerprint density at radius 1 is 1.00 bits per heavy atom. The van der Waals surface area contributed by atoms with Gasteiger partial charge in [0.1, 0.15) is 0 Å². The average molecular weight is 281 g/mol. The van der Waals surface area contributed by atoms with E-state index in [0.717, 1.165) is 18.5 Å². The summed E-state index contributed by atoms with van der Waals surface area (Å²) in [6, 6.07) is 0.764. The summed E-state index contributed by atoms with van der Waals surface area (Å²) in [5.74, 6) is 0.891. The number of hydrogen-bond acceptors (Lipinski definition) is 2. The zero-order valence-electron chi connectivity index (χ0n) is 14.3. The highest BCUT2D eigenvalue weighted by Crippen LogP contribution is 2.41. The van der Waals surface area contributed by atoms with Crippen LogP contribution in [-0.2, 0) is 0 Å².